The SMILES string of the molecule is C[C@H](O)[C@@H](NC(=O)[C@@]12C[C@H]3OC(=O)[C@@H]1N(Cc1ccccc1C=CC(=O)OCC(F)(F)F)O[C@@H]2[C@H]1OC(c2ccccc2)(c2ccccc2)O[C@H]13)C(=O)N[C@H](CO)CCC(=O)OC(C)(C)C. The van der Waals surface area contributed by atoms with Gasteiger partial charge in [-0.2, -0.15) is 18.2 Å². The maximum absolute atomic E-state index is 15.3. The molecular weight excluding hydrogens is 872 g/mol. The summed E-state index contributed by atoms with van der Waals surface area (Å²) in [6, 6.07) is 20.4. The van der Waals surface area contributed by atoms with Gasteiger partial charge in [-0.3, -0.25) is 24.0 Å². The van der Waals surface area contributed by atoms with Gasteiger partial charge in [0.1, 0.15) is 41.5 Å². The van der Waals surface area contributed by atoms with Crippen LogP contribution in [0.2, 0.25) is 0 Å². The summed E-state index contributed by atoms with van der Waals surface area (Å²) in [6.07, 6.45) is -9.12. The summed E-state index contributed by atoms with van der Waals surface area (Å²) in [5.74, 6) is -6.06. The van der Waals surface area contributed by atoms with Gasteiger partial charge in [-0.25, -0.2) is 4.79 Å². The summed E-state index contributed by atoms with van der Waals surface area (Å²) in [6.45, 7) is 3.75. The molecule has 4 N–H and O–H groups in total. The maximum Gasteiger partial charge on any atom is 0.422 e. The van der Waals surface area contributed by atoms with Crippen LogP contribution < -0.4 is 10.6 Å². The van der Waals surface area contributed by atoms with Crippen molar-refractivity contribution in [3.8, 4) is 0 Å². The molecular formula is C47H52F3N3O13. The van der Waals surface area contributed by atoms with Crippen LogP contribution >= 0.6 is 0 Å². The van der Waals surface area contributed by atoms with Crippen molar-refractivity contribution < 1.29 is 75.9 Å². The highest BCUT2D eigenvalue weighted by Gasteiger charge is 2.77. The first-order chi connectivity index (χ1) is 31.2. The van der Waals surface area contributed by atoms with Crippen molar-refractivity contribution in [1.82, 2.24) is 15.7 Å². The number of carbonyl (C=O) groups is 5. The predicted octanol–water partition coefficient (Wildman–Crippen LogP) is 3.76. The first-order valence-corrected chi connectivity index (χ1v) is 21.5. The zero-order valence-corrected chi connectivity index (χ0v) is 36.6. The predicted molar refractivity (Wildman–Crippen MR) is 225 cm³/mol. The lowest BCUT2D eigenvalue weighted by molar-refractivity contribution is -0.213. The fourth-order valence-corrected chi connectivity index (χ4v) is 8.92. The van der Waals surface area contributed by atoms with E-state index in [2.05, 4.69) is 15.4 Å². The molecule has 1 saturated carbocycles. The van der Waals surface area contributed by atoms with Crippen molar-refractivity contribution >= 4 is 35.8 Å². The van der Waals surface area contributed by atoms with Crippen LogP contribution in [0.15, 0.2) is 91.0 Å². The zero-order valence-electron chi connectivity index (χ0n) is 36.6. The standard InChI is InChI=1S/C47H52F3N3O13/c1-27(55)36(41(58)51-32(25-54)20-22-35(57)63-44(2,3)4)52-43(60)45-23-33-37-38(65-47(64-37,30-15-7-5-8-16-30)31-17-9-6-10-18-31)40(45)66-53(39(45)42(59)62-33)24-29-14-12-11-13-28(29)19-21-34(56)61-26-46(48,49)50/h5-19,21,27,32-33,36-40,54-55H,20,22-26H2,1-4H3,(H,51,58)(H,52,60)/t27-,32-,33+,36+,37-,38-,39-,40+,45-/m0/s1. The number of ether oxygens (including phenoxy) is 5. The molecule has 354 valence electrons. The highest BCUT2D eigenvalue weighted by Crippen LogP contribution is 2.59. The van der Waals surface area contributed by atoms with Gasteiger partial charge < -0.3 is 44.5 Å². The van der Waals surface area contributed by atoms with Crippen molar-refractivity contribution in [2.24, 2.45) is 5.41 Å². The van der Waals surface area contributed by atoms with Gasteiger partial charge >= 0.3 is 24.1 Å². The van der Waals surface area contributed by atoms with Crippen molar-refractivity contribution in [1.29, 1.82) is 0 Å². The van der Waals surface area contributed by atoms with E-state index in [-0.39, 0.29) is 25.8 Å². The van der Waals surface area contributed by atoms with Gasteiger partial charge in [0.05, 0.1) is 25.3 Å². The monoisotopic (exact) mass is 923 g/mol. The third kappa shape index (κ3) is 10.2. The Morgan fingerprint density at radius 2 is 1.55 bits per heavy atom. The van der Waals surface area contributed by atoms with E-state index in [0.29, 0.717) is 22.3 Å². The number of benzene rings is 3. The fourth-order valence-electron chi connectivity index (χ4n) is 8.92. The van der Waals surface area contributed by atoms with Crippen LogP contribution in [0.25, 0.3) is 6.08 Å². The number of carbonyl (C=O) groups excluding carboxylic acids is 5. The molecule has 4 aliphatic rings. The van der Waals surface area contributed by atoms with Crippen LogP contribution in [0.5, 0.6) is 0 Å². The highest BCUT2D eigenvalue weighted by atomic mass is 19.4. The quantitative estimate of drug-likeness (QED) is 0.0918. The Balaban J connectivity index is 1.23. The van der Waals surface area contributed by atoms with E-state index >= 15 is 4.79 Å². The average Bonchev–Trinajstić information content (AvgIpc) is 3.85. The largest absolute Gasteiger partial charge is 0.460 e. The second-order valence-electron chi connectivity index (χ2n) is 17.7. The summed E-state index contributed by atoms with van der Waals surface area (Å²) in [5.41, 5.74) is -0.740. The normalized spacial score (nSPS) is 25.8. The zero-order chi connectivity index (χ0) is 47.6. The lowest BCUT2D eigenvalue weighted by atomic mass is 9.62. The number of halogens is 3. The van der Waals surface area contributed by atoms with Crippen LogP contribution in [0, 0.1) is 5.41 Å². The van der Waals surface area contributed by atoms with E-state index in [1.165, 1.54) is 18.1 Å². The summed E-state index contributed by atoms with van der Waals surface area (Å²) in [7, 11) is 0. The van der Waals surface area contributed by atoms with Crippen LogP contribution in [0.3, 0.4) is 0 Å². The molecule has 0 aromatic heterocycles. The number of hydrogen-bond donors (Lipinski definition) is 4. The summed E-state index contributed by atoms with van der Waals surface area (Å²) >= 11 is 0. The van der Waals surface area contributed by atoms with Gasteiger partial charge in [0.25, 0.3) is 0 Å². The van der Waals surface area contributed by atoms with E-state index in [4.69, 9.17) is 23.8 Å². The molecule has 1 aliphatic carbocycles. The molecule has 2 bridgehead atoms. The first kappa shape index (κ1) is 48.2. The third-order valence-corrected chi connectivity index (χ3v) is 11.8. The third-order valence-electron chi connectivity index (χ3n) is 11.8. The number of aliphatic hydroxyl groups is 2. The topological polar surface area (TPSA) is 208 Å². The molecule has 16 nitrogen and oxygen atoms in total. The Morgan fingerprint density at radius 1 is 0.924 bits per heavy atom. The van der Waals surface area contributed by atoms with Gasteiger partial charge in [0, 0.05) is 30.0 Å². The van der Waals surface area contributed by atoms with Gasteiger partial charge in [-0.15, -0.1) is 0 Å². The number of hydroxylamine groups is 2. The molecule has 3 aromatic carbocycles. The summed E-state index contributed by atoms with van der Waals surface area (Å²) in [5, 5.41) is 27.7. The van der Waals surface area contributed by atoms with Crippen LogP contribution in [-0.2, 0) is 64.8 Å². The second kappa shape index (κ2) is 19.3. The summed E-state index contributed by atoms with van der Waals surface area (Å²) in [4.78, 5) is 75.0. The van der Waals surface area contributed by atoms with E-state index in [1.807, 2.05) is 12.1 Å². The van der Waals surface area contributed by atoms with Crippen LogP contribution in [-0.4, -0.2) is 119 Å². The Labute approximate surface area is 378 Å². The molecule has 0 spiro atoms. The van der Waals surface area contributed by atoms with Crippen molar-refractivity contribution in [2.45, 2.75) is 120 Å². The smallest absolute Gasteiger partial charge is 0.422 e. The number of alkyl halides is 3. The molecule has 0 unspecified atom stereocenters. The van der Waals surface area contributed by atoms with Gasteiger partial charge in [0.2, 0.25) is 17.6 Å². The minimum Gasteiger partial charge on any atom is -0.460 e. The number of aliphatic hydroxyl groups excluding tert-OH is 2. The lowest BCUT2D eigenvalue weighted by Crippen LogP contribution is -2.71. The first-order valence-electron chi connectivity index (χ1n) is 21.5. The van der Waals surface area contributed by atoms with Crippen molar-refractivity contribution in [2.75, 3.05) is 13.2 Å². The Hall–Kier alpha value is -5.70. The minimum atomic E-state index is -4.74. The van der Waals surface area contributed by atoms with E-state index in [1.54, 1.807) is 93.6 Å². The number of esters is 3. The molecule has 3 saturated heterocycles. The molecule has 3 aliphatic heterocycles. The molecule has 66 heavy (non-hydrogen) atoms. The number of hydrogen-bond acceptors (Lipinski definition) is 14. The van der Waals surface area contributed by atoms with E-state index < -0.39 is 115 Å². The Morgan fingerprint density at radius 3 is 2.15 bits per heavy atom. The fraction of sp³-hybridized carbons (Fsp3) is 0.468. The molecule has 3 aromatic rings. The molecule has 19 heteroatoms. The molecule has 7 rings (SSSR count). The van der Waals surface area contributed by atoms with Crippen LogP contribution in [0.4, 0.5) is 13.2 Å². The Bertz CT molecular complexity index is 2250. The molecule has 2 amide bonds. The number of amides is 2. The van der Waals surface area contributed by atoms with E-state index in [9.17, 15) is 42.6 Å². The number of nitrogens with one attached hydrogen (secondary N) is 2. The van der Waals surface area contributed by atoms with Crippen LogP contribution in [0.1, 0.15) is 69.2 Å². The number of nitrogens with zero attached hydrogens (tertiary/aromatic N) is 1. The van der Waals surface area contributed by atoms with Crippen molar-refractivity contribution in [3.05, 3.63) is 113 Å². The number of fused-ring (bicyclic) bond motifs is 4. The van der Waals surface area contributed by atoms with Crippen molar-refractivity contribution in [3.63, 3.8) is 0 Å². The highest BCUT2D eigenvalue weighted by molar-refractivity contribution is 5.96. The minimum absolute atomic E-state index is 0.0293. The molecule has 4 fully saturated rings. The van der Waals surface area contributed by atoms with Gasteiger partial charge in [-0.1, -0.05) is 84.9 Å². The average molecular weight is 924 g/mol. The summed E-state index contributed by atoms with van der Waals surface area (Å²) < 4.78 is 67.8. The molecule has 0 radical (unpaired) electrons. The van der Waals surface area contributed by atoms with E-state index in [0.717, 1.165) is 6.08 Å². The molecule has 3 heterocycles. The second-order valence-corrected chi connectivity index (χ2v) is 17.7. The lowest BCUT2D eigenvalue weighted by Gasteiger charge is -2.49. The molecule has 9 atom stereocenters. The number of rotatable bonds is 16. The van der Waals surface area contributed by atoms with Gasteiger partial charge in [0.15, 0.2) is 12.6 Å². The van der Waals surface area contributed by atoms with Gasteiger partial charge in [-0.05, 0) is 51.3 Å². The Kier molecular flexibility index (Phi) is 14.1. The maximum atomic E-state index is 15.3.